The second kappa shape index (κ2) is 15.8. The molecule has 1 unspecified atom stereocenters. The second-order valence-corrected chi connectivity index (χ2v) is 8.77. The van der Waals surface area contributed by atoms with Crippen LogP contribution in [0.3, 0.4) is 0 Å². The summed E-state index contributed by atoms with van der Waals surface area (Å²) >= 11 is 0. The van der Waals surface area contributed by atoms with Gasteiger partial charge < -0.3 is 16.0 Å². The number of benzene rings is 2. The summed E-state index contributed by atoms with van der Waals surface area (Å²) < 4.78 is 26.9. The van der Waals surface area contributed by atoms with Crippen molar-refractivity contribution in [1.82, 2.24) is 14.9 Å². The van der Waals surface area contributed by atoms with Crippen molar-refractivity contribution >= 4 is 64.6 Å². The van der Waals surface area contributed by atoms with E-state index in [4.69, 9.17) is 5.73 Å². The Kier molecular flexibility index (Phi) is 14.0. The molecule has 0 radical (unpaired) electrons. The van der Waals surface area contributed by atoms with Crippen LogP contribution in [0.25, 0.3) is 21.5 Å². The highest BCUT2D eigenvalue weighted by Crippen LogP contribution is 2.24. The third kappa shape index (κ3) is 8.90. The molecule has 2 aromatic heterocycles. The molecule has 0 aliphatic rings. The van der Waals surface area contributed by atoms with Gasteiger partial charge in [0.25, 0.3) is 0 Å². The summed E-state index contributed by atoms with van der Waals surface area (Å²) in [6, 6.07) is 13.0. The van der Waals surface area contributed by atoms with Crippen LogP contribution >= 0.6 is 37.2 Å². The molecule has 2 aromatic carbocycles. The fourth-order valence-corrected chi connectivity index (χ4v) is 4.30. The SMILES string of the molecule is CN(CCCCNc1nccc2cc(F)ccc12)CCCC(N)c1nccc2cc(F)ccc12.Cl.Cl.Cl. The number of fused-ring (bicyclic) bond motifs is 2. The predicted molar refractivity (Wildman–Crippen MR) is 157 cm³/mol. The lowest BCUT2D eigenvalue weighted by atomic mass is 10.0. The topological polar surface area (TPSA) is 67.1 Å². The van der Waals surface area contributed by atoms with Crippen LogP contribution in [0.5, 0.6) is 0 Å². The number of nitrogens with one attached hydrogen (secondary N) is 1. The maximum Gasteiger partial charge on any atom is 0.133 e. The minimum Gasteiger partial charge on any atom is -0.370 e. The van der Waals surface area contributed by atoms with E-state index in [1.54, 1.807) is 24.5 Å². The highest BCUT2D eigenvalue weighted by Gasteiger charge is 2.12. The molecule has 4 aromatic rings. The van der Waals surface area contributed by atoms with Crippen LogP contribution < -0.4 is 11.1 Å². The average Bonchev–Trinajstić information content (AvgIpc) is 2.83. The van der Waals surface area contributed by atoms with E-state index in [0.29, 0.717) is 0 Å². The molecule has 0 fully saturated rings. The number of unbranched alkanes of at least 4 members (excludes halogenated alkanes) is 1. The first-order valence-corrected chi connectivity index (χ1v) is 11.8. The number of hydrogen-bond acceptors (Lipinski definition) is 5. The van der Waals surface area contributed by atoms with Gasteiger partial charge in [-0.1, -0.05) is 0 Å². The molecule has 10 heteroatoms. The van der Waals surface area contributed by atoms with Crippen LogP contribution in [0.2, 0.25) is 0 Å². The Labute approximate surface area is 235 Å². The molecule has 37 heavy (non-hydrogen) atoms. The van der Waals surface area contributed by atoms with Crippen molar-refractivity contribution in [2.24, 2.45) is 5.73 Å². The normalized spacial score (nSPS) is 11.5. The van der Waals surface area contributed by atoms with Gasteiger partial charge >= 0.3 is 0 Å². The van der Waals surface area contributed by atoms with Crippen LogP contribution in [0, 0.1) is 11.6 Å². The van der Waals surface area contributed by atoms with E-state index in [0.717, 1.165) is 78.4 Å². The Bertz CT molecular complexity index is 1260. The molecule has 0 saturated carbocycles. The van der Waals surface area contributed by atoms with Gasteiger partial charge in [0.05, 0.1) is 5.69 Å². The van der Waals surface area contributed by atoms with Crippen molar-refractivity contribution in [3.05, 3.63) is 78.3 Å². The van der Waals surface area contributed by atoms with E-state index in [1.165, 1.54) is 24.3 Å². The number of nitrogens with zero attached hydrogens (tertiary/aromatic N) is 3. The minimum absolute atomic E-state index is 0. The lowest BCUT2D eigenvalue weighted by Gasteiger charge is -2.19. The van der Waals surface area contributed by atoms with Crippen molar-refractivity contribution in [3.63, 3.8) is 0 Å². The molecule has 0 saturated heterocycles. The summed E-state index contributed by atoms with van der Waals surface area (Å²) in [4.78, 5) is 11.2. The third-order valence-corrected chi connectivity index (χ3v) is 6.15. The molecule has 0 bridgehead atoms. The van der Waals surface area contributed by atoms with Crippen LogP contribution in [-0.2, 0) is 0 Å². The van der Waals surface area contributed by atoms with Crippen molar-refractivity contribution in [3.8, 4) is 0 Å². The molecule has 0 amide bonds. The molecular formula is C27H34Cl3F2N5. The van der Waals surface area contributed by atoms with E-state index in [-0.39, 0.29) is 54.9 Å². The highest BCUT2D eigenvalue weighted by atomic mass is 35.5. The Balaban J connectivity index is 0.00000228. The van der Waals surface area contributed by atoms with Gasteiger partial charge in [0, 0.05) is 35.8 Å². The number of aromatic nitrogens is 2. The van der Waals surface area contributed by atoms with Crippen LogP contribution in [0.1, 0.15) is 37.4 Å². The van der Waals surface area contributed by atoms with Gasteiger partial charge in [0.15, 0.2) is 0 Å². The first kappa shape index (κ1) is 32.7. The van der Waals surface area contributed by atoms with Gasteiger partial charge in [-0.3, -0.25) is 4.98 Å². The summed E-state index contributed by atoms with van der Waals surface area (Å²) in [5, 5.41) is 6.91. The first-order valence-electron chi connectivity index (χ1n) is 11.8. The average molecular weight is 573 g/mol. The lowest BCUT2D eigenvalue weighted by Crippen LogP contribution is -2.23. The van der Waals surface area contributed by atoms with Crippen LogP contribution in [0.4, 0.5) is 14.6 Å². The molecule has 0 aliphatic heterocycles. The van der Waals surface area contributed by atoms with Crippen LogP contribution in [-0.4, -0.2) is 41.5 Å². The monoisotopic (exact) mass is 571 g/mol. The van der Waals surface area contributed by atoms with Crippen molar-refractivity contribution < 1.29 is 8.78 Å². The Morgan fingerprint density at radius 3 is 2.11 bits per heavy atom. The van der Waals surface area contributed by atoms with E-state index in [2.05, 4.69) is 27.2 Å². The molecule has 1 atom stereocenters. The molecule has 0 spiro atoms. The Morgan fingerprint density at radius 1 is 0.811 bits per heavy atom. The van der Waals surface area contributed by atoms with Crippen molar-refractivity contribution in [2.75, 3.05) is 32.0 Å². The maximum atomic E-state index is 13.5. The van der Waals surface area contributed by atoms with Gasteiger partial charge in [0.2, 0.25) is 0 Å². The van der Waals surface area contributed by atoms with Gasteiger partial charge in [0.1, 0.15) is 17.5 Å². The highest BCUT2D eigenvalue weighted by molar-refractivity contribution is 5.91. The molecule has 4 rings (SSSR count). The van der Waals surface area contributed by atoms with Crippen molar-refractivity contribution in [2.45, 2.75) is 31.7 Å². The Morgan fingerprint density at radius 2 is 1.41 bits per heavy atom. The second-order valence-electron chi connectivity index (χ2n) is 8.77. The van der Waals surface area contributed by atoms with Gasteiger partial charge in [-0.25, -0.2) is 13.8 Å². The minimum atomic E-state index is -0.251. The summed E-state index contributed by atoms with van der Waals surface area (Å²) in [6.45, 7) is 2.77. The van der Waals surface area contributed by atoms with Crippen LogP contribution in [0.15, 0.2) is 60.9 Å². The smallest absolute Gasteiger partial charge is 0.133 e. The summed E-state index contributed by atoms with van der Waals surface area (Å²) in [5.41, 5.74) is 7.25. The predicted octanol–water partition coefficient (Wildman–Crippen LogP) is 6.93. The number of hydrogen-bond donors (Lipinski definition) is 2. The molecular weight excluding hydrogens is 539 g/mol. The van der Waals surface area contributed by atoms with Gasteiger partial charge in [-0.2, -0.15) is 0 Å². The quantitative estimate of drug-likeness (QED) is 0.191. The van der Waals surface area contributed by atoms with E-state index in [9.17, 15) is 8.78 Å². The maximum absolute atomic E-state index is 13.5. The number of anilines is 1. The number of pyridine rings is 2. The largest absolute Gasteiger partial charge is 0.370 e. The fraction of sp³-hybridized carbons (Fsp3) is 0.333. The van der Waals surface area contributed by atoms with Gasteiger partial charge in [-0.05, 0) is 105 Å². The fourth-order valence-electron chi connectivity index (χ4n) is 4.30. The molecule has 5 nitrogen and oxygen atoms in total. The molecule has 0 aliphatic carbocycles. The number of halogens is 5. The zero-order valence-electron chi connectivity index (χ0n) is 20.7. The zero-order chi connectivity index (χ0) is 23.9. The zero-order valence-corrected chi connectivity index (χ0v) is 23.1. The van der Waals surface area contributed by atoms with E-state index >= 15 is 0 Å². The first-order chi connectivity index (χ1) is 16.5. The van der Waals surface area contributed by atoms with E-state index < -0.39 is 0 Å². The number of rotatable bonds is 11. The number of nitrogens with two attached hydrogens (primary N) is 1. The summed E-state index contributed by atoms with van der Waals surface area (Å²) in [5.74, 6) is 0.306. The molecule has 2 heterocycles. The van der Waals surface area contributed by atoms with E-state index in [1.807, 2.05) is 12.1 Å². The van der Waals surface area contributed by atoms with Crippen molar-refractivity contribution in [1.29, 1.82) is 0 Å². The third-order valence-electron chi connectivity index (χ3n) is 6.15. The van der Waals surface area contributed by atoms with Gasteiger partial charge in [-0.15, -0.1) is 37.2 Å². The Hall–Kier alpha value is -2.29. The lowest BCUT2D eigenvalue weighted by molar-refractivity contribution is 0.315. The summed E-state index contributed by atoms with van der Waals surface area (Å²) in [7, 11) is 2.12. The standard InChI is InChI=1S/C27H31F2N5.3ClH/c1-34(15-3-2-12-32-27-24-9-7-22(29)18-20(24)11-14-33-27)16-4-5-25(30)26-23-8-6-21(28)17-19(23)10-13-31-26;;;/h6-11,13-14,17-18,25H,2-5,12,15-16,30H2,1H3,(H,32,33);3*1H. The molecule has 3 N–H and O–H groups in total. The molecule has 202 valence electrons. The summed E-state index contributed by atoms with van der Waals surface area (Å²) in [6.07, 6.45) is 7.26.